The Hall–Kier alpha value is -0.610. The highest BCUT2D eigenvalue weighted by atomic mass is 16.2. The van der Waals surface area contributed by atoms with Crippen molar-refractivity contribution in [3.63, 3.8) is 0 Å². The normalized spacial score (nSPS) is 27.5. The Bertz CT molecular complexity index is 388. The number of rotatable bonds is 6. The van der Waals surface area contributed by atoms with E-state index in [0.717, 1.165) is 25.7 Å². The van der Waals surface area contributed by atoms with E-state index in [1.807, 2.05) is 0 Å². The quantitative estimate of drug-likeness (QED) is 0.747. The van der Waals surface area contributed by atoms with E-state index in [1.165, 1.54) is 84.0 Å². The molecule has 2 saturated heterocycles. The Kier molecular flexibility index (Phi) is 6.96. The summed E-state index contributed by atoms with van der Waals surface area (Å²) in [6.45, 7) is 9.69. The first-order valence-electron chi connectivity index (χ1n) is 10.4. The lowest BCUT2D eigenvalue weighted by Gasteiger charge is -2.39. The molecule has 0 aromatic heterocycles. The Morgan fingerprint density at radius 1 is 0.958 bits per heavy atom. The van der Waals surface area contributed by atoms with Crippen LogP contribution in [0.2, 0.25) is 0 Å². The number of amides is 1. The zero-order valence-corrected chi connectivity index (χ0v) is 15.7. The smallest absolute Gasteiger partial charge is 0.219 e. The lowest BCUT2D eigenvalue weighted by Crippen LogP contribution is -2.47. The highest BCUT2D eigenvalue weighted by molar-refractivity contribution is 5.73. The Morgan fingerprint density at radius 3 is 2.42 bits per heavy atom. The molecule has 0 N–H and O–H groups in total. The topological polar surface area (TPSA) is 26.8 Å². The molecule has 1 atom stereocenters. The SMILES string of the molecule is CC(=O)N(CCN1CCCCC1)C[C@@H]1CCCN(C2CCCC2)C1. The minimum Gasteiger partial charge on any atom is -0.341 e. The van der Waals surface area contributed by atoms with Crippen LogP contribution in [0.25, 0.3) is 0 Å². The highest BCUT2D eigenvalue weighted by Gasteiger charge is 2.29. The van der Waals surface area contributed by atoms with Crippen molar-refractivity contribution in [1.82, 2.24) is 14.7 Å². The largest absolute Gasteiger partial charge is 0.341 e. The van der Waals surface area contributed by atoms with E-state index in [2.05, 4.69) is 14.7 Å². The van der Waals surface area contributed by atoms with Crippen LogP contribution in [0, 0.1) is 5.92 Å². The van der Waals surface area contributed by atoms with Crippen LogP contribution in [-0.2, 0) is 4.79 Å². The van der Waals surface area contributed by atoms with Gasteiger partial charge in [0.05, 0.1) is 0 Å². The second kappa shape index (κ2) is 9.19. The summed E-state index contributed by atoms with van der Waals surface area (Å²) in [5, 5.41) is 0. The zero-order chi connectivity index (χ0) is 16.8. The van der Waals surface area contributed by atoms with Crippen molar-refractivity contribution in [2.75, 3.05) is 45.8 Å². The van der Waals surface area contributed by atoms with Crippen molar-refractivity contribution >= 4 is 5.91 Å². The molecule has 3 fully saturated rings. The molecule has 0 radical (unpaired) electrons. The first-order valence-corrected chi connectivity index (χ1v) is 10.4. The van der Waals surface area contributed by atoms with Gasteiger partial charge in [-0.25, -0.2) is 0 Å². The van der Waals surface area contributed by atoms with Gasteiger partial charge in [-0.3, -0.25) is 4.79 Å². The van der Waals surface area contributed by atoms with Crippen LogP contribution in [0.5, 0.6) is 0 Å². The maximum absolute atomic E-state index is 12.1. The summed E-state index contributed by atoms with van der Waals surface area (Å²) in [5.74, 6) is 0.953. The molecular formula is C20H37N3O. The minimum atomic E-state index is 0.269. The summed E-state index contributed by atoms with van der Waals surface area (Å²) >= 11 is 0. The van der Waals surface area contributed by atoms with Gasteiger partial charge >= 0.3 is 0 Å². The molecule has 0 aromatic carbocycles. The van der Waals surface area contributed by atoms with E-state index in [-0.39, 0.29) is 5.91 Å². The summed E-state index contributed by atoms with van der Waals surface area (Å²) in [7, 11) is 0. The highest BCUT2D eigenvalue weighted by Crippen LogP contribution is 2.28. The minimum absolute atomic E-state index is 0.269. The van der Waals surface area contributed by atoms with E-state index in [1.54, 1.807) is 6.92 Å². The molecule has 3 rings (SSSR count). The van der Waals surface area contributed by atoms with Crippen molar-refractivity contribution in [2.24, 2.45) is 5.92 Å². The van der Waals surface area contributed by atoms with Crippen molar-refractivity contribution < 1.29 is 4.79 Å². The predicted molar refractivity (Wildman–Crippen MR) is 99.1 cm³/mol. The molecule has 1 aliphatic carbocycles. The van der Waals surface area contributed by atoms with Crippen LogP contribution in [-0.4, -0.2) is 72.5 Å². The van der Waals surface area contributed by atoms with E-state index in [0.29, 0.717) is 5.92 Å². The van der Waals surface area contributed by atoms with Gasteiger partial charge in [0, 0.05) is 39.1 Å². The van der Waals surface area contributed by atoms with Crippen LogP contribution in [0.3, 0.4) is 0 Å². The monoisotopic (exact) mass is 335 g/mol. The number of hydrogen-bond acceptors (Lipinski definition) is 3. The molecule has 24 heavy (non-hydrogen) atoms. The van der Waals surface area contributed by atoms with Gasteiger partial charge in [-0.2, -0.15) is 0 Å². The number of carbonyl (C=O) groups excluding carboxylic acids is 1. The molecule has 0 unspecified atom stereocenters. The van der Waals surface area contributed by atoms with Gasteiger partial charge in [0.25, 0.3) is 0 Å². The number of likely N-dealkylation sites (tertiary alicyclic amines) is 2. The summed E-state index contributed by atoms with van der Waals surface area (Å²) < 4.78 is 0. The molecule has 4 heteroatoms. The standard InChI is InChI=1S/C20H37N3O/c1-18(24)22(15-14-21-11-5-2-6-12-21)16-19-8-7-13-23(17-19)20-9-3-4-10-20/h19-20H,2-17H2,1H3/t19-/m0/s1. The fraction of sp³-hybridized carbons (Fsp3) is 0.950. The van der Waals surface area contributed by atoms with E-state index < -0.39 is 0 Å². The van der Waals surface area contributed by atoms with Gasteiger partial charge < -0.3 is 14.7 Å². The van der Waals surface area contributed by atoms with E-state index in [9.17, 15) is 4.79 Å². The van der Waals surface area contributed by atoms with E-state index in [4.69, 9.17) is 0 Å². The lowest BCUT2D eigenvalue weighted by atomic mass is 9.95. The van der Waals surface area contributed by atoms with Gasteiger partial charge in [-0.05, 0) is 64.1 Å². The molecule has 1 saturated carbocycles. The van der Waals surface area contributed by atoms with Gasteiger partial charge in [-0.15, -0.1) is 0 Å². The molecule has 4 nitrogen and oxygen atoms in total. The van der Waals surface area contributed by atoms with Crippen molar-refractivity contribution in [2.45, 2.75) is 70.8 Å². The Balaban J connectivity index is 1.46. The third-order valence-corrected chi connectivity index (χ3v) is 6.45. The maximum atomic E-state index is 12.1. The maximum Gasteiger partial charge on any atom is 0.219 e. The molecule has 2 aliphatic heterocycles. The fourth-order valence-electron chi connectivity index (χ4n) is 4.98. The summed E-state index contributed by atoms with van der Waals surface area (Å²) in [4.78, 5) is 19.5. The van der Waals surface area contributed by atoms with E-state index >= 15 is 0 Å². The molecule has 3 aliphatic rings. The molecule has 2 heterocycles. The van der Waals surface area contributed by atoms with Gasteiger partial charge in [-0.1, -0.05) is 19.3 Å². The summed E-state index contributed by atoms with van der Waals surface area (Å²) in [6, 6.07) is 0.840. The lowest BCUT2D eigenvalue weighted by molar-refractivity contribution is -0.130. The van der Waals surface area contributed by atoms with Crippen molar-refractivity contribution in [3.05, 3.63) is 0 Å². The van der Waals surface area contributed by atoms with Crippen LogP contribution < -0.4 is 0 Å². The Morgan fingerprint density at radius 2 is 1.71 bits per heavy atom. The fourth-order valence-corrected chi connectivity index (χ4v) is 4.98. The molecule has 1 amide bonds. The number of nitrogens with zero attached hydrogens (tertiary/aromatic N) is 3. The Labute approximate surface area is 148 Å². The number of carbonyl (C=O) groups is 1. The van der Waals surface area contributed by atoms with Crippen molar-refractivity contribution in [3.8, 4) is 0 Å². The predicted octanol–water partition coefficient (Wildman–Crippen LogP) is 2.98. The molecule has 138 valence electrons. The molecular weight excluding hydrogens is 298 g/mol. The summed E-state index contributed by atoms with van der Waals surface area (Å²) in [5.41, 5.74) is 0. The van der Waals surface area contributed by atoms with Gasteiger partial charge in [0.2, 0.25) is 5.91 Å². The second-order valence-corrected chi connectivity index (χ2v) is 8.31. The second-order valence-electron chi connectivity index (χ2n) is 8.31. The third-order valence-electron chi connectivity index (χ3n) is 6.45. The molecule has 0 spiro atoms. The van der Waals surface area contributed by atoms with Crippen LogP contribution >= 0.6 is 0 Å². The summed E-state index contributed by atoms with van der Waals surface area (Å²) in [6.07, 6.45) is 12.3. The van der Waals surface area contributed by atoms with Crippen LogP contribution in [0.15, 0.2) is 0 Å². The number of hydrogen-bond donors (Lipinski definition) is 0. The van der Waals surface area contributed by atoms with Gasteiger partial charge in [0.15, 0.2) is 0 Å². The average Bonchev–Trinajstić information content (AvgIpc) is 3.14. The first kappa shape index (κ1) is 18.2. The first-order chi connectivity index (χ1) is 11.7. The van der Waals surface area contributed by atoms with Gasteiger partial charge in [0.1, 0.15) is 0 Å². The average molecular weight is 336 g/mol. The third kappa shape index (κ3) is 5.19. The van der Waals surface area contributed by atoms with Crippen LogP contribution in [0.4, 0.5) is 0 Å². The van der Waals surface area contributed by atoms with Crippen molar-refractivity contribution in [1.29, 1.82) is 0 Å². The zero-order valence-electron chi connectivity index (χ0n) is 15.7. The number of piperidine rings is 2. The molecule has 0 bridgehead atoms. The molecule has 0 aromatic rings. The van der Waals surface area contributed by atoms with Crippen LogP contribution in [0.1, 0.15) is 64.7 Å².